The molecular weight excluding hydrogens is 478 g/mol. The van der Waals surface area contributed by atoms with Crippen molar-refractivity contribution in [2.24, 2.45) is 0 Å². The number of aryl methyl sites for hydroxylation is 1. The molecule has 1 aliphatic heterocycles. The van der Waals surface area contributed by atoms with Crippen molar-refractivity contribution in [3.05, 3.63) is 88.2 Å². The van der Waals surface area contributed by atoms with Crippen LogP contribution in [0, 0.1) is 5.82 Å². The quantitative estimate of drug-likeness (QED) is 0.425. The summed E-state index contributed by atoms with van der Waals surface area (Å²) in [5.41, 5.74) is 4.73. The molecule has 0 saturated heterocycles. The molecule has 8 heteroatoms. The smallest absolute Gasteiger partial charge is 0.550 e. The van der Waals surface area contributed by atoms with E-state index in [1.54, 1.807) is 12.1 Å². The Morgan fingerprint density at radius 3 is 2.71 bits per heavy atom. The first-order valence-electron chi connectivity index (χ1n) is 11.5. The van der Waals surface area contributed by atoms with Gasteiger partial charge in [0, 0.05) is 35.5 Å². The van der Waals surface area contributed by atoms with Crippen molar-refractivity contribution in [2.75, 3.05) is 29.9 Å². The Balaban J connectivity index is 0.00000342. The summed E-state index contributed by atoms with van der Waals surface area (Å²) in [5.74, 6) is -0.826. The summed E-state index contributed by atoms with van der Waals surface area (Å²) in [5, 5.41) is 14.6. The van der Waals surface area contributed by atoms with Crippen LogP contribution in [0.2, 0.25) is 5.02 Å². The van der Waals surface area contributed by atoms with Gasteiger partial charge in [-0.3, -0.25) is 0 Å². The molecule has 0 unspecified atom stereocenters. The van der Waals surface area contributed by atoms with Crippen LogP contribution < -0.4 is 49.6 Å². The Labute approximate surface area is 232 Å². The van der Waals surface area contributed by atoms with Crippen LogP contribution in [0.3, 0.4) is 0 Å². The molecular formula is C27H27ClFN2NaO3. The van der Waals surface area contributed by atoms with Crippen molar-refractivity contribution in [3.8, 4) is 5.75 Å². The first kappa shape index (κ1) is 27.3. The van der Waals surface area contributed by atoms with Crippen molar-refractivity contribution >= 4 is 28.9 Å². The summed E-state index contributed by atoms with van der Waals surface area (Å²) >= 11 is 6.03. The van der Waals surface area contributed by atoms with E-state index in [2.05, 4.69) is 28.4 Å². The third kappa shape index (κ3) is 7.61. The molecule has 0 bridgehead atoms. The van der Waals surface area contributed by atoms with Gasteiger partial charge in [-0.05, 0) is 78.8 Å². The minimum absolute atomic E-state index is 0. The summed E-state index contributed by atoms with van der Waals surface area (Å²) < 4.78 is 20.2. The van der Waals surface area contributed by atoms with Gasteiger partial charge in [-0.25, -0.2) is 4.39 Å². The summed E-state index contributed by atoms with van der Waals surface area (Å²) in [6, 6.07) is 18.5. The molecule has 1 heterocycles. The summed E-state index contributed by atoms with van der Waals surface area (Å²) in [6.07, 6.45) is 1.98. The molecule has 0 atom stereocenters. The second-order valence-corrected chi connectivity index (χ2v) is 8.78. The minimum atomic E-state index is -1.18. The Kier molecular flexibility index (Phi) is 10.3. The van der Waals surface area contributed by atoms with Crippen LogP contribution in [0.4, 0.5) is 15.8 Å². The maximum absolute atomic E-state index is 14.3. The van der Waals surface area contributed by atoms with Crippen molar-refractivity contribution < 1.29 is 48.6 Å². The predicted molar refractivity (Wildman–Crippen MR) is 131 cm³/mol. The van der Waals surface area contributed by atoms with Gasteiger partial charge in [0.25, 0.3) is 0 Å². The van der Waals surface area contributed by atoms with Gasteiger partial charge >= 0.3 is 29.6 Å². The third-order valence-electron chi connectivity index (χ3n) is 6.00. The number of nitrogens with zero attached hydrogens (tertiary/aromatic N) is 1. The van der Waals surface area contributed by atoms with E-state index in [4.69, 9.17) is 16.3 Å². The second kappa shape index (κ2) is 13.2. The number of halogens is 2. The van der Waals surface area contributed by atoms with Crippen LogP contribution in [-0.2, 0) is 24.2 Å². The number of nitrogens with one attached hydrogen (secondary N) is 1. The zero-order chi connectivity index (χ0) is 23.9. The predicted octanol–water partition coefficient (Wildman–Crippen LogP) is 1.61. The molecule has 3 aromatic rings. The number of fused-ring (bicyclic) bond motifs is 1. The number of hydrogen-bond acceptors (Lipinski definition) is 5. The van der Waals surface area contributed by atoms with Crippen molar-refractivity contribution in [2.45, 2.75) is 32.2 Å². The standard InChI is InChI=1S/C27H28ClFN2O3.Na/c28-21-5-2-6-23(16-21)34-15-14-31-13-3-7-24-20(4-1-8-26(24)31)18-30-22-11-9-19(25(29)17-22)10-12-27(32)33;/h1-2,4-6,8-9,11,16-17,30H,3,7,10,12-15,18H2,(H,32,33);/q;+1/p-1. The van der Waals surface area contributed by atoms with E-state index < -0.39 is 11.8 Å². The van der Waals surface area contributed by atoms with E-state index in [9.17, 15) is 14.3 Å². The van der Waals surface area contributed by atoms with Crippen molar-refractivity contribution in [3.63, 3.8) is 0 Å². The molecule has 0 aliphatic carbocycles. The molecule has 1 aliphatic rings. The Bertz CT molecular complexity index is 1160. The van der Waals surface area contributed by atoms with Gasteiger partial charge in [-0.15, -0.1) is 0 Å². The second-order valence-electron chi connectivity index (χ2n) is 8.34. The molecule has 178 valence electrons. The molecule has 0 amide bonds. The molecule has 35 heavy (non-hydrogen) atoms. The number of anilines is 2. The molecule has 4 rings (SSSR count). The number of aliphatic carboxylic acids is 1. The number of ether oxygens (including phenoxy) is 1. The van der Waals surface area contributed by atoms with Gasteiger partial charge in [0.05, 0.1) is 6.54 Å². The number of carbonyl (C=O) groups is 1. The molecule has 1 N–H and O–H groups in total. The normalized spacial score (nSPS) is 12.5. The Morgan fingerprint density at radius 1 is 1.11 bits per heavy atom. The molecule has 0 spiro atoms. The Hall–Kier alpha value is -2.25. The van der Waals surface area contributed by atoms with E-state index in [-0.39, 0.29) is 42.4 Å². The number of rotatable bonds is 10. The Morgan fingerprint density at radius 2 is 1.94 bits per heavy atom. The van der Waals surface area contributed by atoms with E-state index in [0.717, 1.165) is 31.7 Å². The summed E-state index contributed by atoms with van der Waals surface area (Å²) in [7, 11) is 0. The van der Waals surface area contributed by atoms with Gasteiger partial charge in [0.2, 0.25) is 0 Å². The average molecular weight is 505 g/mol. The topological polar surface area (TPSA) is 64.6 Å². The van der Waals surface area contributed by atoms with Crippen LogP contribution in [0.1, 0.15) is 29.5 Å². The van der Waals surface area contributed by atoms with E-state index in [1.807, 2.05) is 24.3 Å². The van der Waals surface area contributed by atoms with Crippen LogP contribution >= 0.6 is 11.6 Å². The SMILES string of the molecule is O=C([O-])CCc1ccc(NCc2cccc3c2CCCN3CCOc2cccc(Cl)c2)cc1F.[Na+]. The van der Waals surface area contributed by atoms with Gasteiger partial charge in [-0.1, -0.05) is 35.9 Å². The minimum Gasteiger partial charge on any atom is -0.550 e. The van der Waals surface area contributed by atoms with E-state index in [0.29, 0.717) is 29.4 Å². The van der Waals surface area contributed by atoms with Crippen LogP contribution in [-0.4, -0.2) is 25.7 Å². The largest absolute Gasteiger partial charge is 1.00 e. The number of hydrogen-bond donors (Lipinski definition) is 1. The van der Waals surface area contributed by atoms with Gasteiger partial charge in [0.1, 0.15) is 18.2 Å². The molecule has 0 radical (unpaired) electrons. The van der Waals surface area contributed by atoms with Crippen LogP contribution in [0.25, 0.3) is 0 Å². The van der Waals surface area contributed by atoms with Crippen molar-refractivity contribution in [1.29, 1.82) is 0 Å². The zero-order valence-corrected chi connectivity index (χ0v) is 22.6. The fourth-order valence-electron chi connectivity index (χ4n) is 4.30. The van der Waals surface area contributed by atoms with Gasteiger partial charge in [0.15, 0.2) is 0 Å². The fraction of sp³-hybridized carbons (Fsp3) is 0.296. The molecule has 0 saturated carbocycles. The number of benzene rings is 3. The maximum Gasteiger partial charge on any atom is 1.00 e. The van der Waals surface area contributed by atoms with E-state index >= 15 is 0 Å². The van der Waals surface area contributed by atoms with Crippen LogP contribution in [0.15, 0.2) is 60.7 Å². The van der Waals surface area contributed by atoms with Gasteiger partial charge in [-0.2, -0.15) is 0 Å². The average Bonchev–Trinajstić information content (AvgIpc) is 2.82. The van der Waals surface area contributed by atoms with E-state index in [1.165, 1.54) is 22.9 Å². The third-order valence-corrected chi connectivity index (χ3v) is 6.24. The first-order chi connectivity index (χ1) is 16.5. The maximum atomic E-state index is 14.3. The monoisotopic (exact) mass is 504 g/mol. The zero-order valence-electron chi connectivity index (χ0n) is 19.9. The molecule has 5 nitrogen and oxygen atoms in total. The first-order valence-corrected chi connectivity index (χ1v) is 11.8. The molecule has 0 fully saturated rings. The number of carbonyl (C=O) groups excluding carboxylic acids is 1. The number of carboxylic acid groups (broad SMARTS) is 1. The molecule has 3 aromatic carbocycles. The van der Waals surface area contributed by atoms with Gasteiger partial charge < -0.3 is 24.9 Å². The summed E-state index contributed by atoms with van der Waals surface area (Å²) in [4.78, 5) is 13.0. The summed E-state index contributed by atoms with van der Waals surface area (Å²) in [6.45, 7) is 2.88. The van der Waals surface area contributed by atoms with Crippen LogP contribution in [0.5, 0.6) is 5.75 Å². The number of carboxylic acids is 1. The fourth-order valence-corrected chi connectivity index (χ4v) is 4.48. The molecule has 0 aromatic heterocycles. The van der Waals surface area contributed by atoms with Crippen molar-refractivity contribution in [1.82, 2.24) is 0 Å².